The van der Waals surface area contributed by atoms with Crippen LogP contribution >= 0.6 is 15.9 Å². The molecule has 1 N–H and O–H groups in total. The third-order valence-corrected chi connectivity index (χ3v) is 5.00. The van der Waals surface area contributed by atoms with Crippen molar-refractivity contribution in [2.45, 2.75) is 38.1 Å². The van der Waals surface area contributed by atoms with Gasteiger partial charge in [0.1, 0.15) is 0 Å². The van der Waals surface area contributed by atoms with E-state index in [1.54, 1.807) is 0 Å². The minimum absolute atomic E-state index is 0. The fourth-order valence-corrected chi connectivity index (χ4v) is 3.61. The van der Waals surface area contributed by atoms with Crippen LogP contribution in [0.25, 0.3) is 0 Å². The molecule has 1 aromatic carbocycles. The van der Waals surface area contributed by atoms with E-state index in [1.807, 2.05) is 24.3 Å². The Kier molecular flexibility index (Phi) is 6.01. The SMILES string of the molecule is O=C1CC([NH+]2CCCCCC2)C(=O)N1c1ccc(Br)cc1.[Cl-]. The lowest BCUT2D eigenvalue weighted by Crippen LogP contribution is -3.16. The van der Waals surface area contributed by atoms with Crippen LogP contribution in [-0.4, -0.2) is 30.9 Å². The van der Waals surface area contributed by atoms with Crippen molar-refractivity contribution in [3.05, 3.63) is 28.7 Å². The van der Waals surface area contributed by atoms with Crippen LogP contribution in [0.5, 0.6) is 0 Å². The second kappa shape index (κ2) is 7.57. The van der Waals surface area contributed by atoms with E-state index in [2.05, 4.69) is 15.9 Å². The highest BCUT2D eigenvalue weighted by atomic mass is 79.9. The van der Waals surface area contributed by atoms with Gasteiger partial charge in [0, 0.05) is 4.47 Å². The van der Waals surface area contributed by atoms with Gasteiger partial charge in [-0.15, -0.1) is 0 Å². The average molecular weight is 388 g/mol. The summed E-state index contributed by atoms with van der Waals surface area (Å²) in [5, 5.41) is 0. The summed E-state index contributed by atoms with van der Waals surface area (Å²) in [5.41, 5.74) is 0.685. The number of nitrogens with one attached hydrogen (secondary N) is 1. The zero-order chi connectivity index (χ0) is 14.8. The van der Waals surface area contributed by atoms with Gasteiger partial charge in [0.05, 0.1) is 25.2 Å². The Balaban J connectivity index is 0.00000176. The summed E-state index contributed by atoms with van der Waals surface area (Å²) in [6, 6.07) is 7.18. The molecule has 1 atom stereocenters. The van der Waals surface area contributed by atoms with Crippen molar-refractivity contribution >= 4 is 33.4 Å². The van der Waals surface area contributed by atoms with Gasteiger partial charge in [-0.3, -0.25) is 9.59 Å². The quantitative estimate of drug-likeness (QED) is 0.631. The fraction of sp³-hybridized carbons (Fsp3) is 0.500. The Bertz CT molecular complexity index is 542. The number of imide groups is 1. The van der Waals surface area contributed by atoms with E-state index >= 15 is 0 Å². The molecule has 4 nitrogen and oxygen atoms in total. The van der Waals surface area contributed by atoms with Crippen LogP contribution in [0.3, 0.4) is 0 Å². The molecule has 0 bridgehead atoms. The Morgan fingerprint density at radius 3 is 2.18 bits per heavy atom. The summed E-state index contributed by atoms with van der Waals surface area (Å²) in [6.45, 7) is 2.02. The van der Waals surface area contributed by atoms with Crippen molar-refractivity contribution in [1.82, 2.24) is 0 Å². The van der Waals surface area contributed by atoms with Gasteiger partial charge in [-0.05, 0) is 49.9 Å². The van der Waals surface area contributed by atoms with Crippen LogP contribution in [0.4, 0.5) is 5.69 Å². The number of likely N-dealkylation sites (tertiary alicyclic amines) is 1. The van der Waals surface area contributed by atoms with Crippen molar-refractivity contribution in [3.8, 4) is 0 Å². The van der Waals surface area contributed by atoms with Gasteiger partial charge in [0.15, 0.2) is 6.04 Å². The first kappa shape index (κ1) is 17.4. The Labute approximate surface area is 145 Å². The minimum Gasteiger partial charge on any atom is -1.00 e. The number of hydrogen-bond donors (Lipinski definition) is 1. The van der Waals surface area contributed by atoms with Gasteiger partial charge < -0.3 is 17.3 Å². The highest BCUT2D eigenvalue weighted by Crippen LogP contribution is 2.24. The molecular weight excluding hydrogens is 368 g/mol. The van der Waals surface area contributed by atoms with E-state index in [9.17, 15) is 9.59 Å². The van der Waals surface area contributed by atoms with Gasteiger partial charge in [0.25, 0.3) is 5.91 Å². The standard InChI is InChI=1S/C16H19BrN2O2.ClH/c17-12-5-7-13(8-6-12)19-15(20)11-14(16(19)21)18-9-3-1-2-4-10-18;/h5-8,14H,1-4,9-11H2;1H. The van der Waals surface area contributed by atoms with E-state index in [1.165, 1.54) is 22.6 Å². The van der Waals surface area contributed by atoms with Gasteiger partial charge in [-0.25, -0.2) is 4.90 Å². The predicted molar refractivity (Wildman–Crippen MR) is 84.2 cm³/mol. The number of nitrogens with zero attached hydrogens (tertiary/aromatic N) is 1. The fourth-order valence-electron chi connectivity index (χ4n) is 3.34. The summed E-state index contributed by atoms with van der Waals surface area (Å²) in [4.78, 5) is 27.6. The lowest BCUT2D eigenvalue weighted by molar-refractivity contribution is -0.914. The molecule has 1 unspecified atom stereocenters. The molecule has 2 heterocycles. The van der Waals surface area contributed by atoms with Crippen molar-refractivity contribution in [3.63, 3.8) is 0 Å². The van der Waals surface area contributed by atoms with Crippen LogP contribution < -0.4 is 22.2 Å². The third-order valence-electron chi connectivity index (χ3n) is 4.47. The van der Waals surface area contributed by atoms with Crippen molar-refractivity contribution < 1.29 is 26.9 Å². The summed E-state index contributed by atoms with van der Waals surface area (Å²) < 4.78 is 0.944. The number of benzene rings is 1. The molecule has 2 aliphatic rings. The zero-order valence-electron chi connectivity index (χ0n) is 12.4. The van der Waals surface area contributed by atoms with E-state index in [-0.39, 0.29) is 30.3 Å². The Morgan fingerprint density at radius 1 is 1.00 bits per heavy atom. The molecular formula is C16H20BrClN2O2. The number of quaternary nitrogens is 1. The van der Waals surface area contributed by atoms with Gasteiger partial charge in [-0.1, -0.05) is 15.9 Å². The monoisotopic (exact) mass is 386 g/mol. The minimum atomic E-state index is -0.181. The molecule has 0 radical (unpaired) electrons. The number of halogens is 2. The van der Waals surface area contributed by atoms with Crippen LogP contribution in [-0.2, 0) is 9.59 Å². The molecule has 2 saturated heterocycles. The molecule has 22 heavy (non-hydrogen) atoms. The summed E-state index contributed by atoms with van der Waals surface area (Å²) in [7, 11) is 0. The highest BCUT2D eigenvalue weighted by Gasteiger charge is 2.45. The number of rotatable bonds is 2. The number of amides is 2. The van der Waals surface area contributed by atoms with Crippen molar-refractivity contribution in [2.24, 2.45) is 0 Å². The number of carbonyl (C=O) groups is 2. The van der Waals surface area contributed by atoms with Crippen LogP contribution in [0.2, 0.25) is 0 Å². The maximum Gasteiger partial charge on any atom is 0.292 e. The number of carbonyl (C=O) groups excluding carboxylic acids is 2. The van der Waals surface area contributed by atoms with Crippen LogP contribution in [0, 0.1) is 0 Å². The van der Waals surface area contributed by atoms with Gasteiger partial charge >= 0.3 is 0 Å². The van der Waals surface area contributed by atoms with Crippen molar-refractivity contribution in [1.29, 1.82) is 0 Å². The molecule has 3 rings (SSSR count). The average Bonchev–Trinajstić information content (AvgIpc) is 2.69. The Morgan fingerprint density at radius 2 is 1.59 bits per heavy atom. The third kappa shape index (κ3) is 3.53. The van der Waals surface area contributed by atoms with Crippen molar-refractivity contribution in [2.75, 3.05) is 18.0 Å². The smallest absolute Gasteiger partial charge is 0.292 e. The first-order chi connectivity index (χ1) is 10.2. The first-order valence-electron chi connectivity index (χ1n) is 7.64. The normalized spacial score (nSPS) is 23.3. The highest BCUT2D eigenvalue weighted by molar-refractivity contribution is 9.10. The number of anilines is 1. The Hall–Kier alpha value is -0.910. The molecule has 0 aliphatic carbocycles. The maximum atomic E-state index is 12.7. The lowest BCUT2D eigenvalue weighted by atomic mass is 10.2. The predicted octanol–water partition coefficient (Wildman–Crippen LogP) is -1.46. The molecule has 0 aromatic heterocycles. The molecule has 0 saturated carbocycles. The van der Waals surface area contributed by atoms with Crippen LogP contribution in [0.1, 0.15) is 32.1 Å². The molecule has 1 aromatic rings. The molecule has 2 aliphatic heterocycles. The molecule has 2 fully saturated rings. The zero-order valence-corrected chi connectivity index (χ0v) is 14.7. The van der Waals surface area contributed by atoms with E-state index in [0.29, 0.717) is 12.1 Å². The van der Waals surface area contributed by atoms with Gasteiger partial charge in [-0.2, -0.15) is 0 Å². The molecule has 0 spiro atoms. The number of hydrogen-bond acceptors (Lipinski definition) is 2. The second-order valence-electron chi connectivity index (χ2n) is 5.87. The lowest BCUT2D eigenvalue weighted by Gasteiger charge is -2.22. The topological polar surface area (TPSA) is 41.8 Å². The van der Waals surface area contributed by atoms with E-state index < -0.39 is 0 Å². The van der Waals surface area contributed by atoms with E-state index in [0.717, 1.165) is 30.4 Å². The maximum absolute atomic E-state index is 12.7. The molecule has 2 amide bonds. The van der Waals surface area contributed by atoms with Crippen LogP contribution in [0.15, 0.2) is 28.7 Å². The summed E-state index contributed by atoms with van der Waals surface area (Å²) >= 11 is 3.37. The van der Waals surface area contributed by atoms with E-state index in [4.69, 9.17) is 0 Å². The summed E-state index contributed by atoms with van der Waals surface area (Å²) in [6.07, 6.45) is 5.16. The molecule has 120 valence electrons. The first-order valence-corrected chi connectivity index (χ1v) is 8.43. The second-order valence-corrected chi connectivity index (χ2v) is 6.79. The largest absolute Gasteiger partial charge is 1.00 e. The molecule has 6 heteroatoms. The summed E-state index contributed by atoms with van der Waals surface area (Å²) in [5.74, 6) is -0.0942. The van der Waals surface area contributed by atoms with Gasteiger partial charge in [0.2, 0.25) is 5.91 Å².